The Balaban J connectivity index is 1.78. The second kappa shape index (κ2) is 6.98. The number of rotatable bonds is 4. The molecule has 1 unspecified atom stereocenters. The van der Waals surface area contributed by atoms with Gasteiger partial charge in [-0.25, -0.2) is 4.98 Å². The minimum Gasteiger partial charge on any atom is -0.368 e. The van der Waals surface area contributed by atoms with Gasteiger partial charge in [0.1, 0.15) is 11.9 Å². The number of aromatic nitrogens is 2. The summed E-state index contributed by atoms with van der Waals surface area (Å²) in [6.45, 7) is 3.89. The van der Waals surface area contributed by atoms with E-state index in [9.17, 15) is 5.26 Å². The van der Waals surface area contributed by atoms with Gasteiger partial charge in [-0.05, 0) is 37.1 Å². The number of nitriles is 1. The molecule has 1 fully saturated rings. The van der Waals surface area contributed by atoms with E-state index in [4.69, 9.17) is 0 Å². The van der Waals surface area contributed by atoms with Crippen molar-refractivity contribution in [3.8, 4) is 6.07 Å². The first kappa shape index (κ1) is 17.0. The fraction of sp³-hybridized carbons (Fsp3) is 0.421. The van der Waals surface area contributed by atoms with Crippen LogP contribution in [0.25, 0.3) is 0 Å². The molecule has 0 spiro atoms. The fourth-order valence-electron chi connectivity index (χ4n) is 3.21. The second-order valence-electron chi connectivity index (χ2n) is 6.74. The van der Waals surface area contributed by atoms with Gasteiger partial charge in [0, 0.05) is 46.5 Å². The van der Waals surface area contributed by atoms with Crippen LogP contribution in [0.1, 0.15) is 17.5 Å². The molecule has 1 saturated heterocycles. The van der Waals surface area contributed by atoms with E-state index in [-0.39, 0.29) is 0 Å². The summed E-state index contributed by atoms with van der Waals surface area (Å²) in [6, 6.07) is 10.6. The first-order valence-corrected chi connectivity index (χ1v) is 8.48. The molecule has 2 aromatic rings. The van der Waals surface area contributed by atoms with Gasteiger partial charge in [-0.1, -0.05) is 6.07 Å². The standard InChI is InChI=1S/C19H24N6/c1-14-5-6-15(12-20)17(11-14)25-10-8-16(13-25)24(4)18-7-9-21-19(22-18)23(2)3/h5-7,9,11,16H,8,10,13H2,1-4H3. The molecule has 0 aliphatic carbocycles. The highest BCUT2D eigenvalue weighted by atomic mass is 15.3. The van der Waals surface area contributed by atoms with Crippen molar-refractivity contribution in [3.05, 3.63) is 41.6 Å². The molecule has 1 aromatic carbocycles. The third-order valence-corrected chi connectivity index (χ3v) is 4.72. The van der Waals surface area contributed by atoms with E-state index in [0.29, 0.717) is 12.0 Å². The number of aryl methyl sites for hydroxylation is 1. The smallest absolute Gasteiger partial charge is 0.226 e. The van der Waals surface area contributed by atoms with Crippen molar-refractivity contribution in [1.29, 1.82) is 5.26 Å². The zero-order valence-corrected chi connectivity index (χ0v) is 15.3. The SMILES string of the molecule is Cc1ccc(C#N)c(N2CCC(N(C)c3ccnc(N(C)C)n3)C2)c1. The molecule has 6 nitrogen and oxygen atoms in total. The van der Waals surface area contributed by atoms with Gasteiger partial charge >= 0.3 is 0 Å². The average molecular weight is 336 g/mol. The largest absolute Gasteiger partial charge is 0.368 e. The number of benzene rings is 1. The van der Waals surface area contributed by atoms with E-state index in [2.05, 4.69) is 45.9 Å². The first-order chi connectivity index (χ1) is 12.0. The monoisotopic (exact) mass is 336 g/mol. The van der Waals surface area contributed by atoms with Gasteiger partial charge in [0.2, 0.25) is 5.95 Å². The van der Waals surface area contributed by atoms with Gasteiger partial charge in [0.15, 0.2) is 0 Å². The predicted octanol–water partition coefficient (Wildman–Crippen LogP) is 2.44. The van der Waals surface area contributed by atoms with Crippen molar-refractivity contribution in [2.24, 2.45) is 0 Å². The molecule has 0 amide bonds. The van der Waals surface area contributed by atoms with Gasteiger partial charge in [-0.3, -0.25) is 0 Å². The van der Waals surface area contributed by atoms with E-state index in [1.807, 2.05) is 37.2 Å². The van der Waals surface area contributed by atoms with Gasteiger partial charge < -0.3 is 14.7 Å². The minimum absolute atomic E-state index is 0.358. The summed E-state index contributed by atoms with van der Waals surface area (Å²) in [4.78, 5) is 15.3. The van der Waals surface area contributed by atoms with Crippen LogP contribution in [0, 0.1) is 18.3 Å². The topological polar surface area (TPSA) is 59.3 Å². The predicted molar refractivity (Wildman–Crippen MR) is 101 cm³/mol. The Kier molecular flexibility index (Phi) is 4.75. The van der Waals surface area contributed by atoms with Crippen LogP contribution in [0.2, 0.25) is 0 Å². The highest BCUT2D eigenvalue weighted by Crippen LogP contribution is 2.28. The summed E-state index contributed by atoms with van der Waals surface area (Å²) < 4.78 is 0. The lowest BCUT2D eigenvalue weighted by Gasteiger charge is -2.27. The van der Waals surface area contributed by atoms with Crippen molar-refractivity contribution >= 4 is 17.5 Å². The molecule has 130 valence electrons. The zero-order chi connectivity index (χ0) is 18.0. The van der Waals surface area contributed by atoms with Crippen LogP contribution in [0.15, 0.2) is 30.5 Å². The van der Waals surface area contributed by atoms with Crippen LogP contribution in [0.3, 0.4) is 0 Å². The molecule has 0 saturated carbocycles. The van der Waals surface area contributed by atoms with Gasteiger partial charge in [0.05, 0.1) is 11.3 Å². The van der Waals surface area contributed by atoms with Crippen molar-refractivity contribution < 1.29 is 0 Å². The summed E-state index contributed by atoms with van der Waals surface area (Å²) in [6.07, 6.45) is 2.84. The highest BCUT2D eigenvalue weighted by molar-refractivity contribution is 5.62. The van der Waals surface area contributed by atoms with Gasteiger partial charge in [-0.2, -0.15) is 10.2 Å². The van der Waals surface area contributed by atoms with Crippen LogP contribution in [0.4, 0.5) is 17.5 Å². The molecule has 1 aliphatic heterocycles. The molecular formula is C19H24N6. The van der Waals surface area contributed by atoms with Crippen molar-refractivity contribution in [2.75, 3.05) is 48.9 Å². The molecule has 2 heterocycles. The Labute approximate surface area is 149 Å². The van der Waals surface area contributed by atoms with E-state index in [0.717, 1.165) is 36.6 Å². The summed E-state index contributed by atoms with van der Waals surface area (Å²) >= 11 is 0. The fourth-order valence-corrected chi connectivity index (χ4v) is 3.21. The molecule has 6 heteroatoms. The third kappa shape index (κ3) is 3.50. The number of anilines is 3. The maximum Gasteiger partial charge on any atom is 0.226 e. The Bertz CT molecular complexity index is 795. The van der Waals surface area contributed by atoms with E-state index in [1.54, 1.807) is 6.20 Å². The quantitative estimate of drug-likeness (QED) is 0.855. The van der Waals surface area contributed by atoms with Gasteiger partial charge in [-0.15, -0.1) is 0 Å². The first-order valence-electron chi connectivity index (χ1n) is 8.48. The summed E-state index contributed by atoms with van der Waals surface area (Å²) in [5.74, 6) is 1.64. The minimum atomic E-state index is 0.358. The number of hydrogen-bond acceptors (Lipinski definition) is 6. The third-order valence-electron chi connectivity index (χ3n) is 4.72. The molecule has 0 radical (unpaired) electrons. The molecule has 0 N–H and O–H groups in total. The lowest BCUT2D eigenvalue weighted by atomic mass is 10.1. The number of likely N-dealkylation sites (N-methyl/N-ethyl adjacent to an activating group) is 1. The summed E-state index contributed by atoms with van der Waals surface area (Å²) in [5, 5.41) is 9.40. The molecule has 1 atom stereocenters. The maximum absolute atomic E-state index is 9.40. The average Bonchev–Trinajstić information content (AvgIpc) is 3.11. The second-order valence-corrected chi connectivity index (χ2v) is 6.74. The molecule has 1 aromatic heterocycles. The normalized spacial score (nSPS) is 16.6. The Morgan fingerprint density at radius 2 is 2.04 bits per heavy atom. The summed E-state index contributed by atoms with van der Waals surface area (Å²) in [7, 11) is 5.96. The zero-order valence-electron chi connectivity index (χ0n) is 15.3. The Morgan fingerprint density at radius 3 is 2.76 bits per heavy atom. The van der Waals surface area contributed by atoms with Crippen LogP contribution >= 0.6 is 0 Å². The Hall–Kier alpha value is -2.81. The molecule has 3 rings (SSSR count). The van der Waals surface area contributed by atoms with E-state index >= 15 is 0 Å². The highest BCUT2D eigenvalue weighted by Gasteiger charge is 2.28. The lowest BCUT2D eigenvalue weighted by Crippen LogP contribution is -2.35. The van der Waals surface area contributed by atoms with E-state index in [1.165, 1.54) is 5.56 Å². The lowest BCUT2D eigenvalue weighted by molar-refractivity contribution is 0.683. The van der Waals surface area contributed by atoms with Crippen molar-refractivity contribution in [1.82, 2.24) is 9.97 Å². The molecule has 25 heavy (non-hydrogen) atoms. The van der Waals surface area contributed by atoms with Crippen molar-refractivity contribution in [2.45, 2.75) is 19.4 Å². The Morgan fingerprint density at radius 1 is 1.24 bits per heavy atom. The van der Waals surface area contributed by atoms with Crippen LogP contribution < -0.4 is 14.7 Å². The van der Waals surface area contributed by atoms with Gasteiger partial charge in [0.25, 0.3) is 0 Å². The van der Waals surface area contributed by atoms with Crippen LogP contribution in [-0.2, 0) is 0 Å². The number of hydrogen-bond donors (Lipinski definition) is 0. The maximum atomic E-state index is 9.40. The molecule has 1 aliphatic rings. The van der Waals surface area contributed by atoms with E-state index < -0.39 is 0 Å². The van der Waals surface area contributed by atoms with Crippen LogP contribution in [0.5, 0.6) is 0 Å². The molecular weight excluding hydrogens is 312 g/mol. The number of nitrogens with zero attached hydrogens (tertiary/aromatic N) is 6. The molecule has 0 bridgehead atoms. The van der Waals surface area contributed by atoms with Crippen molar-refractivity contribution in [3.63, 3.8) is 0 Å². The summed E-state index contributed by atoms with van der Waals surface area (Å²) in [5.41, 5.74) is 2.96. The van der Waals surface area contributed by atoms with Crippen LogP contribution in [-0.4, -0.2) is 50.2 Å².